The molecule has 1 N–H and O–H groups in total. The highest BCUT2D eigenvalue weighted by Crippen LogP contribution is 2.33. The number of benzene rings is 2. The van der Waals surface area contributed by atoms with E-state index >= 15 is 0 Å². The number of carbonyl (C=O) groups excluding carboxylic acids is 3. The molecule has 31 heavy (non-hydrogen) atoms. The van der Waals surface area contributed by atoms with E-state index in [2.05, 4.69) is 19.2 Å². The summed E-state index contributed by atoms with van der Waals surface area (Å²) in [7, 11) is 0. The predicted molar refractivity (Wildman–Crippen MR) is 116 cm³/mol. The smallest absolute Gasteiger partial charge is 0.311 e. The van der Waals surface area contributed by atoms with Crippen LogP contribution in [0, 0.1) is 17.2 Å². The first-order valence-corrected chi connectivity index (χ1v) is 10.3. The lowest BCUT2D eigenvalue weighted by Crippen LogP contribution is -2.29. The molecule has 0 saturated carbocycles. The van der Waals surface area contributed by atoms with Crippen LogP contribution in [0.2, 0.25) is 0 Å². The highest BCUT2D eigenvalue weighted by Gasteiger charge is 2.37. The minimum atomic E-state index is -0.628. The number of ether oxygens (including phenoxy) is 1. The van der Waals surface area contributed by atoms with E-state index < -0.39 is 24.4 Å². The van der Waals surface area contributed by atoms with Gasteiger partial charge in [-0.25, -0.2) is 0 Å². The van der Waals surface area contributed by atoms with Crippen molar-refractivity contribution >= 4 is 29.2 Å². The second-order valence-corrected chi connectivity index (χ2v) is 7.59. The molecule has 7 heteroatoms. The number of nitriles is 1. The summed E-state index contributed by atoms with van der Waals surface area (Å²) in [5.41, 5.74) is 2.57. The summed E-state index contributed by atoms with van der Waals surface area (Å²) in [5.74, 6) is -1.60. The lowest BCUT2D eigenvalue weighted by molar-refractivity contribution is -0.151. The van der Waals surface area contributed by atoms with Crippen LogP contribution in [0.25, 0.3) is 0 Å². The van der Waals surface area contributed by atoms with Gasteiger partial charge in [-0.15, -0.1) is 0 Å². The number of anilines is 2. The quantitative estimate of drug-likeness (QED) is 0.691. The first-order chi connectivity index (χ1) is 14.9. The van der Waals surface area contributed by atoms with Gasteiger partial charge in [0, 0.05) is 18.7 Å². The molecule has 0 bridgehead atoms. The van der Waals surface area contributed by atoms with Crippen molar-refractivity contribution in [3.8, 4) is 6.07 Å². The average Bonchev–Trinajstić information content (AvgIpc) is 3.18. The van der Waals surface area contributed by atoms with Gasteiger partial charge in [0.2, 0.25) is 5.91 Å². The van der Waals surface area contributed by atoms with Crippen LogP contribution in [0.15, 0.2) is 48.5 Å². The SMILES string of the molecule is CC[C@@H](C)c1ccccc1N1C[C@H](C(=O)OCC(=O)Nc2ccccc2C#N)CC1=O. The Kier molecular flexibility index (Phi) is 7.03. The van der Waals surface area contributed by atoms with E-state index in [9.17, 15) is 14.4 Å². The lowest BCUT2D eigenvalue weighted by Gasteiger charge is -2.23. The molecule has 7 nitrogen and oxygen atoms in total. The maximum Gasteiger partial charge on any atom is 0.311 e. The third-order valence-electron chi connectivity index (χ3n) is 5.50. The molecule has 3 rings (SSSR count). The molecule has 2 aromatic carbocycles. The molecule has 2 atom stereocenters. The van der Waals surface area contributed by atoms with Gasteiger partial charge in [-0.2, -0.15) is 5.26 Å². The zero-order chi connectivity index (χ0) is 22.4. The molecule has 1 saturated heterocycles. The van der Waals surface area contributed by atoms with Crippen LogP contribution < -0.4 is 10.2 Å². The van der Waals surface area contributed by atoms with E-state index in [0.29, 0.717) is 11.3 Å². The van der Waals surface area contributed by atoms with Crippen LogP contribution in [0.1, 0.15) is 43.7 Å². The maximum absolute atomic E-state index is 12.6. The first kappa shape index (κ1) is 22.0. The summed E-state index contributed by atoms with van der Waals surface area (Å²) < 4.78 is 5.15. The van der Waals surface area contributed by atoms with Crippen LogP contribution in [0.5, 0.6) is 0 Å². The van der Waals surface area contributed by atoms with E-state index in [-0.39, 0.29) is 24.8 Å². The van der Waals surface area contributed by atoms with E-state index in [0.717, 1.165) is 17.7 Å². The second-order valence-electron chi connectivity index (χ2n) is 7.59. The van der Waals surface area contributed by atoms with Gasteiger partial charge in [-0.3, -0.25) is 14.4 Å². The van der Waals surface area contributed by atoms with Crippen molar-refractivity contribution in [3.05, 3.63) is 59.7 Å². The van der Waals surface area contributed by atoms with Gasteiger partial charge in [-0.1, -0.05) is 44.2 Å². The number of nitrogens with one attached hydrogen (secondary N) is 1. The van der Waals surface area contributed by atoms with E-state index in [1.165, 1.54) is 0 Å². The lowest BCUT2D eigenvalue weighted by atomic mass is 9.96. The fraction of sp³-hybridized carbons (Fsp3) is 0.333. The Morgan fingerprint density at radius 3 is 2.68 bits per heavy atom. The average molecular weight is 419 g/mol. The molecule has 0 spiro atoms. The topological polar surface area (TPSA) is 99.5 Å². The van der Waals surface area contributed by atoms with Crippen molar-refractivity contribution in [2.24, 2.45) is 5.92 Å². The predicted octanol–water partition coefficient (Wildman–Crippen LogP) is 3.61. The van der Waals surface area contributed by atoms with Gasteiger partial charge in [0.15, 0.2) is 6.61 Å². The van der Waals surface area contributed by atoms with Crippen molar-refractivity contribution < 1.29 is 19.1 Å². The Balaban J connectivity index is 1.60. The Bertz CT molecular complexity index is 1030. The van der Waals surface area contributed by atoms with Crippen LogP contribution in [-0.4, -0.2) is 30.9 Å². The Morgan fingerprint density at radius 1 is 1.23 bits per heavy atom. The molecule has 2 amide bonds. The molecule has 2 aromatic rings. The van der Waals surface area contributed by atoms with Crippen molar-refractivity contribution in [2.75, 3.05) is 23.4 Å². The summed E-state index contributed by atoms with van der Waals surface area (Å²) in [4.78, 5) is 38.9. The second kappa shape index (κ2) is 9.90. The molecule has 0 aromatic heterocycles. The summed E-state index contributed by atoms with van der Waals surface area (Å²) in [6, 6.07) is 16.3. The monoisotopic (exact) mass is 419 g/mol. The number of amides is 2. The van der Waals surface area contributed by atoms with Crippen LogP contribution in [0.3, 0.4) is 0 Å². The molecule has 1 aliphatic rings. The fourth-order valence-electron chi connectivity index (χ4n) is 3.60. The van der Waals surface area contributed by atoms with E-state index in [4.69, 9.17) is 10.00 Å². The van der Waals surface area contributed by atoms with Gasteiger partial charge < -0.3 is 15.0 Å². The first-order valence-electron chi connectivity index (χ1n) is 10.3. The Hall–Kier alpha value is -3.66. The Labute approximate surface area is 181 Å². The molecule has 1 fully saturated rings. The fourth-order valence-corrected chi connectivity index (χ4v) is 3.60. The van der Waals surface area contributed by atoms with Gasteiger partial charge in [0.05, 0.1) is 17.2 Å². The van der Waals surface area contributed by atoms with Crippen molar-refractivity contribution in [2.45, 2.75) is 32.6 Å². The Morgan fingerprint density at radius 2 is 1.94 bits per heavy atom. The van der Waals surface area contributed by atoms with E-state index in [1.807, 2.05) is 30.3 Å². The molecule has 0 radical (unpaired) electrons. The summed E-state index contributed by atoms with van der Waals surface area (Å²) in [6.07, 6.45) is 0.987. The van der Waals surface area contributed by atoms with Crippen molar-refractivity contribution in [1.29, 1.82) is 5.26 Å². The zero-order valence-electron chi connectivity index (χ0n) is 17.6. The van der Waals surface area contributed by atoms with Crippen LogP contribution in [0.4, 0.5) is 11.4 Å². The summed E-state index contributed by atoms with van der Waals surface area (Å²) >= 11 is 0. The summed E-state index contributed by atoms with van der Waals surface area (Å²) in [6.45, 7) is 3.94. The van der Waals surface area contributed by atoms with Gasteiger partial charge >= 0.3 is 5.97 Å². The highest BCUT2D eigenvalue weighted by atomic mass is 16.5. The molecule has 1 aliphatic heterocycles. The molecule has 160 valence electrons. The highest BCUT2D eigenvalue weighted by molar-refractivity contribution is 6.00. The van der Waals surface area contributed by atoms with Crippen LogP contribution in [-0.2, 0) is 19.1 Å². The third kappa shape index (κ3) is 5.10. The molecule has 0 aliphatic carbocycles. The van der Waals surface area contributed by atoms with Crippen LogP contribution >= 0.6 is 0 Å². The molecule has 0 unspecified atom stereocenters. The molecular weight excluding hydrogens is 394 g/mol. The number of para-hydroxylation sites is 2. The van der Waals surface area contributed by atoms with Gasteiger partial charge in [0.1, 0.15) is 6.07 Å². The largest absolute Gasteiger partial charge is 0.455 e. The third-order valence-corrected chi connectivity index (χ3v) is 5.50. The number of esters is 1. The molecular formula is C24H25N3O4. The zero-order valence-corrected chi connectivity index (χ0v) is 17.6. The van der Waals surface area contributed by atoms with Crippen molar-refractivity contribution in [3.63, 3.8) is 0 Å². The number of nitrogens with zero attached hydrogens (tertiary/aromatic N) is 2. The van der Waals surface area contributed by atoms with Gasteiger partial charge in [0.25, 0.3) is 5.91 Å². The number of hydrogen-bond donors (Lipinski definition) is 1. The molecule has 1 heterocycles. The summed E-state index contributed by atoms with van der Waals surface area (Å²) in [5, 5.41) is 11.6. The van der Waals surface area contributed by atoms with Gasteiger partial charge in [-0.05, 0) is 36.1 Å². The minimum Gasteiger partial charge on any atom is -0.455 e. The number of carbonyl (C=O) groups is 3. The minimum absolute atomic E-state index is 0.0482. The maximum atomic E-state index is 12.6. The van der Waals surface area contributed by atoms with Crippen molar-refractivity contribution in [1.82, 2.24) is 0 Å². The normalized spacial score (nSPS) is 16.5. The number of hydrogen-bond acceptors (Lipinski definition) is 5. The number of rotatable bonds is 7. The van der Waals surface area contributed by atoms with E-state index in [1.54, 1.807) is 29.2 Å². The standard InChI is InChI=1S/C24H25N3O4/c1-3-16(2)19-9-5-7-11-21(19)27-14-18(12-23(27)29)24(30)31-15-22(28)26-20-10-6-4-8-17(20)13-25/h4-11,16,18H,3,12,14-15H2,1-2H3,(H,26,28)/t16-,18-/m1/s1.